The lowest BCUT2D eigenvalue weighted by Gasteiger charge is -2.55. The Labute approximate surface area is 314 Å². The van der Waals surface area contributed by atoms with Gasteiger partial charge in [-0.25, -0.2) is 9.59 Å². The van der Waals surface area contributed by atoms with E-state index in [9.17, 15) is 29.1 Å². The van der Waals surface area contributed by atoms with Gasteiger partial charge in [-0.3, -0.25) is 24.2 Å². The normalized spacial score (nSPS) is 35.9. The van der Waals surface area contributed by atoms with Gasteiger partial charge in [0.05, 0.1) is 22.5 Å². The first-order chi connectivity index (χ1) is 25.4. The minimum atomic E-state index is -2.41. The fraction of sp³-hybridized carbons (Fsp3) is 0.585. The number of carbonyl (C=O) groups is 6. The van der Waals surface area contributed by atoms with Crippen LogP contribution in [0.5, 0.6) is 0 Å². The standard InChI is InChI=1S/C41H49NO12/c1-8-13-29(45)52-32-22(2)19-41(49)31(32)34(53-36(47)25-14-10-9-11-15-25)40(21-50-35(46)26-16-12-17-42-20-26)28(51-23(3)43)18-27-30(38(27,5)6)33(40)39(7,37(41)48)54-24(4)44/h9-12,14-17,20,22,27-28,30-34,49H,8,13,18-19,21H2,1-7H3. The molecule has 0 bridgehead atoms. The predicted octanol–water partition coefficient (Wildman–Crippen LogP) is 4.68. The summed E-state index contributed by atoms with van der Waals surface area (Å²) in [6, 6.07) is 11.1. The smallest absolute Gasteiger partial charge is 0.339 e. The van der Waals surface area contributed by atoms with Gasteiger partial charge in [0, 0.05) is 38.6 Å². The molecule has 11 unspecified atom stereocenters. The van der Waals surface area contributed by atoms with Gasteiger partial charge in [0.25, 0.3) is 0 Å². The van der Waals surface area contributed by atoms with Crippen LogP contribution in [0, 0.1) is 40.4 Å². The van der Waals surface area contributed by atoms with Crippen LogP contribution in [0.25, 0.3) is 0 Å². The Balaban J connectivity index is 1.68. The van der Waals surface area contributed by atoms with Crippen molar-refractivity contribution in [2.45, 2.75) is 104 Å². The van der Waals surface area contributed by atoms with Crippen molar-refractivity contribution >= 4 is 35.6 Å². The molecule has 0 spiro atoms. The van der Waals surface area contributed by atoms with E-state index >= 15 is 4.79 Å². The Morgan fingerprint density at radius 1 is 0.889 bits per heavy atom. The SMILES string of the molecule is CCCC(=O)OC1C(C)CC2(O)C(=O)C(C)(OC(C)=O)C3C4C(CC(OC(C)=O)C3(COC(=O)c3cccnc3)C(OC(=O)c3ccccc3)C12)C4(C)C. The van der Waals surface area contributed by atoms with Crippen molar-refractivity contribution in [3.8, 4) is 0 Å². The molecule has 4 aliphatic rings. The molecule has 290 valence electrons. The average molecular weight is 748 g/mol. The topological polar surface area (TPSA) is 182 Å². The molecule has 13 heteroatoms. The summed E-state index contributed by atoms with van der Waals surface area (Å²) in [7, 11) is 0. The third kappa shape index (κ3) is 6.37. The molecular formula is C41H49NO12. The van der Waals surface area contributed by atoms with Crippen LogP contribution in [0.2, 0.25) is 0 Å². The van der Waals surface area contributed by atoms with Crippen LogP contribution in [-0.2, 0) is 42.9 Å². The number of esters is 5. The Bertz CT molecular complexity index is 1810. The van der Waals surface area contributed by atoms with Gasteiger partial charge in [-0.1, -0.05) is 45.9 Å². The van der Waals surface area contributed by atoms with Crippen molar-refractivity contribution in [3.05, 3.63) is 66.0 Å². The van der Waals surface area contributed by atoms with Crippen LogP contribution in [0.4, 0.5) is 0 Å². The number of hydrogen-bond donors (Lipinski definition) is 1. The predicted molar refractivity (Wildman–Crippen MR) is 189 cm³/mol. The zero-order chi connectivity index (χ0) is 39.4. The monoisotopic (exact) mass is 747 g/mol. The highest BCUT2D eigenvalue weighted by atomic mass is 16.6. The zero-order valence-corrected chi connectivity index (χ0v) is 31.7. The Morgan fingerprint density at radius 2 is 1.57 bits per heavy atom. The van der Waals surface area contributed by atoms with Crippen molar-refractivity contribution in [3.63, 3.8) is 0 Å². The number of pyridine rings is 1. The molecule has 54 heavy (non-hydrogen) atoms. The van der Waals surface area contributed by atoms with E-state index in [1.165, 1.54) is 44.4 Å². The number of rotatable bonds is 10. The van der Waals surface area contributed by atoms with Gasteiger partial charge in [-0.2, -0.15) is 0 Å². The molecule has 0 radical (unpaired) electrons. The molecule has 2 aromatic rings. The Kier molecular flexibility index (Phi) is 10.3. The molecular weight excluding hydrogens is 698 g/mol. The van der Waals surface area contributed by atoms with E-state index in [1.54, 1.807) is 38.1 Å². The number of fused-ring (bicyclic) bond motifs is 4. The summed E-state index contributed by atoms with van der Waals surface area (Å²) in [4.78, 5) is 87.2. The van der Waals surface area contributed by atoms with Gasteiger partial charge in [-0.05, 0) is 73.6 Å². The largest absolute Gasteiger partial charge is 0.462 e. The van der Waals surface area contributed by atoms with Gasteiger partial charge in [0.2, 0.25) is 5.78 Å². The van der Waals surface area contributed by atoms with Crippen molar-refractivity contribution in [1.29, 1.82) is 0 Å². The Morgan fingerprint density at radius 3 is 2.19 bits per heavy atom. The van der Waals surface area contributed by atoms with E-state index in [1.807, 2.05) is 13.8 Å². The molecule has 1 aromatic carbocycles. The van der Waals surface area contributed by atoms with Gasteiger partial charge in [0.1, 0.15) is 30.5 Å². The second kappa shape index (κ2) is 14.2. The summed E-state index contributed by atoms with van der Waals surface area (Å²) in [6.07, 6.45) is -0.800. The summed E-state index contributed by atoms with van der Waals surface area (Å²) in [5.74, 6) is -8.60. The van der Waals surface area contributed by atoms with Crippen LogP contribution in [-0.4, -0.2) is 81.8 Å². The second-order valence-corrected chi connectivity index (χ2v) is 16.3. The number of aromatic nitrogens is 1. The zero-order valence-electron chi connectivity index (χ0n) is 31.7. The lowest BCUT2D eigenvalue weighted by molar-refractivity contribution is -0.228. The molecule has 4 saturated carbocycles. The van der Waals surface area contributed by atoms with Crippen LogP contribution in [0.15, 0.2) is 54.9 Å². The molecule has 1 heterocycles. The van der Waals surface area contributed by atoms with Gasteiger partial charge < -0.3 is 28.8 Å². The number of Topliss-reactive ketones (excluding diaryl/α,β-unsaturated/α-hetero) is 1. The maximum Gasteiger partial charge on any atom is 0.339 e. The van der Waals surface area contributed by atoms with Crippen molar-refractivity contribution in [2.24, 2.45) is 40.4 Å². The van der Waals surface area contributed by atoms with Crippen molar-refractivity contribution in [1.82, 2.24) is 4.98 Å². The van der Waals surface area contributed by atoms with E-state index in [-0.39, 0.29) is 36.3 Å². The van der Waals surface area contributed by atoms with Crippen LogP contribution >= 0.6 is 0 Å². The average Bonchev–Trinajstić information content (AvgIpc) is 3.56. The number of carbonyl (C=O) groups excluding carboxylic acids is 6. The summed E-state index contributed by atoms with van der Waals surface area (Å²) >= 11 is 0. The van der Waals surface area contributed by atoms with Crippen molar-refractivity contribution < 1.29 is 57.6 Å². The third-order valence-corrected chi connectivity index (χ3v) is 12.5. The van der Waals surface area contributed by atoms with E-state index < -0.39 is 106 Å². The second-order valence-electron chi connectivity index (χ2n) is 16.3. The molecule has 0 amide bonds. The molecule has 4 fully saturated rings. The molecule has 0 aliphatic heterocycles. The highest BCUT2D eigenvalue weighted by Gasteiger charge is 2.84. The number of ketones is 1. The molecule has 11 atom stereocenters. The fourth-order valence-electron chi connectivity index (χ4n) is 10.4. The summed E-state index contributed by atoms with van der Waals surface area (Å²) < 4.78 is 31.1. The van der Waals surface area contributed by atoms with Gasteiger partial charge in [0.15, 0.2) is 5.60 Å². The minimum absolute atomic E-state index is 0.0342. The first-order valence-electron chi connectivity index (χ1n) is 18.6. The number of nitrogens with zero attached hydrogens (tertiary/aromatic N) is 1. The van der Waals surface area contributed by atoms with E-state index in [2.05, 4.69) is 4.98 Å². The van der Waals surface area contributed by atoms with Crippen molar-refractivity contribution in [2.75, 3.05) is 6.61 Å². The highest BCUT2D eigenvalue weighted by Crippen LogP contribution is 2.76. The van der Waals surface area contributed by atoms with E-state index in [4.69, 9.17) is 23.7 Å². The number of aliphatic hydroxyl groups is 1. The maximum absolute atomic E-state index is 15.4. The summed E-state index contributed by atoms with van der Waals surface area (Å²) in [5.41, 5.74) is -6.74. The first-order valence-corrected chi connectivity index (χ1v) is 18.6. The van der Waals surface area contributed by atoms with Gasteiger partial charge in [-0.15, -0.1) is 0 Å². The lowest BCUT2D eigenvalue weighted by Crippen LogP contribution is -2.66. The maximum atomic E-state index is 15.4. The lowest BCUT2D eigenvalue weighted by atomic mass is 9.55. The quantitative estimate of drug-likeness (QED) is 0.262. The van der Waals surface area contributed by atoms with Gasteiger partial charge >= 0.3 is 29.8 Å². The Hall–Kier alpha value is -4.65. The summed E-state index contributed by atoms with van der Waals surface area (Å²) in [5, 5.41) is 13.0. The molecule has 1 N–H and O–H groups in total. The first kappa shape index (κ1) is 39.1. The molecule has 13 nitrogen and oxygen atoms in total. The number of benzene rings is 1. The molecule has 6 rings (SSSR count). The third-order valence-electron chi connectivity index (χ3n) is 12.5. The summed E-state index contributed by atoms with van der Waals surface area (Å²) in [6.45, 7) is 10.6. The van der Waals surface area contributed by atoms with Crippen LogP contribution in [0.3, 0.4) is 0 Å². The number of ether oxygens (including phenoxy) is 5. The van der Waals surface area contributed by atoms with E-state index in [0.29, 0.717) is 6.42 Å². The van der Waals surface area contributed by atoms with Crippen LogP contribution < -0.4 is 0 Å². The molecule has 1 aromatic heterocycles. The van der Waals surface area contributed by atoms with Crippen LogP contribution in [0.1, 0.15) is 94.9 Å². The highest BCUT2D eigenvalue weighted by molar-refractivity contribution is 5.98. The number of hydrogen-bond acceptors (Lipinski definition) is 13. The molecule has 0 saturated heterocycles. The van der Waals surface area contributed by atoms with E-state index in [0.717, 1.165) is 6.92 Å². The molecule has 4 aliphatic carbocycles. The minimum Gasteiger partial charge on any atom is -0.462 e. The fourth-order valence-corrected chi connectivity index (χ4v) is 10.4.